The molecule has 2 unspecified atom stereocenters. The molecular formula is C18H30N2. The summed E-state index contributed by atoms with van der Waals surface area (Å²) in [5.41, 5.74) is 19.4. The van der Waals surface area contributed by atoms with Gasteiger partial charge in [0.1, 0.15) is 0 Å². The zero-order valence-corrected chi connectivity index (χ0v) is 12.8. The van der Waals surface area contributed by atoms with Gasteiger partial charge in [0.05, 0.1) is 0 Å². The maximum Gasteiger partial charge on any atom is 0.0490 e. The Balaban J connectivity index is 1.89. The molecule has 0 aliphatic heterocycles. The van der Waals surface area contributed by atoms with Crippen LogP contribution in [0.15, 0.2) is 22.3 Å². The summed E-state index contributed by atoms with van der Waals surface area (Å²) in [5.74, 6) is 0. The monoisotopic (exact) mass is 274 g/mol. The van der Waals surface area contributed by atoms with E-state index >= 15 is 0 Å². The van der Waals surface area contributed by atoms with Crippen molar-refractivity contribution in [3.63, 3.8) is 0 Å². The summed E-state index contributed by atoms with van der Waals surface area (Å²) in [5, 5.41) is 0. The molecule has 2 heteroatoms. The third-order valence-electron chi connectivity index (χ3n) is 5.61. The van der Waals surface area contributed by atoms with Crippen molar-refractivity contribution in [1.82, 2.24) is 0 Å². The zero-order chi connectivity index (χ0) is 13.9. The third kappa shape index (κ3) is 2.87. The lowest BCUT2D eigenvalue weighted by Crippen LogP contribution is -2.42. The molecule has 0 aromatic rings. The first-order chi connectivity index (χ1) is 9.77. The lowest BCUT2D eigenvalue weighted by atomic mass is 9.74. The highest BCUT2D eigenvalue weighted by Crippen LogP contribution is 2.38. The van der Waals surface area contributed by atoms with Crippen molar-refractivity contribution in [2.24, 2.45) is 11.5 Å². The molecule has 0 heterocycles. The second-order valence-electron chi connectivity index (χ2n) is 6.93. The van der Waals surface area contributed by atoms with Crippen LogP contribution in [0.4, 0.5) is 0 Å². The molecule has 3 aliphatic carbocycles. The van der Waals surface area contributed by atoms with Gasteiger partial charge in [0.15, 0.2) is 0 Å². The van der Waals surface area contributed by atoms with Crippen LogP contribution in [0.3, 0.4) is 0 Å². The summed E-state index contributed by atoms with van der Waals surface area (Å²) in [6.45, 7) is 0. The van der Waals surface area contributed by atoms with Gasteiger partial charge in [-0.3, -0.25) is 0 Å². The average molecular weight is 274 g/mol. The highest BCUT2D eigenvalue weighted by atomic mass is 14.7. The Morgan fingerprint density at radius 1 is 0.650 bits per heavy atom. The Hall–Kier alpha value is -0.600. The van der Waals surface area contributed by atoms with E-state index in [-0.39, 0.29) is 12.1 Å². The summed E-state index contributed by atoms with van der Waals surface area (Å²) < 4.78 is 0. The smallest absolute Gasteiger partial charge is 0.0490 e. The van der Waals surface area contributed by atoms with Crippen LogP contribution >= 0.6 is 0 Å². The molecule has 3 aliphatic rings. The predicted octanol–water partition coefficient (Wildman–Crippen LogP) is 3.96. The van der Waals surface area contributed by atoms with E-state index in [2.05, 4.69) is 0 Å². The highest BCUT2D eigenvalue weighted by molar-refractivity contribution is 5.39. The molecule has 0 aromatic carbocycles. The summed E-state index contributed by atoms with van der Waals surface area (Å²) in [7, 11) is 0. The molecule has 2 nitrogen and oxygen atoms in total. The van der Waals surface area contributed by atoms with Crippen LogP contribution in [0.2, 0.25) is 0 Å². The molecule has 3 fully saturated rings. The van der Waals surface area contributed by atoms with Crippen LogP contribution in [0.1, 0.15) is 77.0 Å². The van der Waals surface area contributed by atoms with Gasteiger partial charge in [-0.25, -0.2) is 0 Å². The molecule has 0 radical (unpaired) electrons. The number of allylic oxidation sites excluding steroid dienone is 2. The molecule has 0 saturated heterocycles. The quantitative estimate of drug-likeness (QED) is 0.657. The number of nitrogens with two attached hydrogens (primary N) is 2. The fraction of sp³-hybridized carbons (Fsp3) is 0.778. The van der Waals surface area contributed by atoms with Crippen molar-refractivity contribution in [3.8, 4) is 0 Å². The van der Waals surface area contributed by atoms with Crippen LogP contribution in [-0.2, 0) is 0 Å². The molecule has 0 spiro atoms. The van der Waals surface area contributed by atoms with Gasteiger partial charge < -0.3 is 11.5 Å². The van der Waals surface area contributed by atoms with Crippen molar-refractivity contribution in [3.05, 3.63) is 22.3 Å². The first-order valence-corrected chi connectivity index (χ1v) is 8.71. The fourth-order valence-corrected chi connectivity index (χ4v) is 4.49. The summed E-state index contributed by atoms with van der Waals surface area (Å²) in [6, 6.07) is 0.381. The molecule has 4 N–H and O–H groups in total. The Morgan fingerprint density at radius 3 is 1.80 bits per heavy atom. The molecule has 3 saturated carbocycles. The van der Waals surface area contributed by atoms with Crippen LogP contribution in [-0.4, -0.2) is 12.1 Å². The van der Waals surface area contributed by atoms with Crippen LogP contribution in [0.25, 0.3) is 0 Å². The number of hydrogen-bond acceptors (Lipinski definition) is 2. The van der Waals surface area contributed by atoms with Crippen molar-refractivity contribution < 1.29 is 0 Å². The van der Waals surface area contributed by atoms with Gasteiger partial charge in [-0.05, 0) is 69.8 Å². The van der Waals surface area contributed by atoms with Gasteiger partial charge in [-0.15, -0.1) is 0 Å². The van der Waals surface area contributed by atoms with Crippen LogP contribution < -0.4 is 11.5 Å². The minimum Gasteiger partial charge on any atom is -0.324 e. The molecule has 112 valence electrons. The highest BCUT2D eigenvalue weighted by Gasteiger charge is 2.31. The van der Waals surface area contributed by atoms with Gasteiger partial charge in [0, 0.05) is 12.1 Å². The van der Waals surface area contributed by atoms with Gasteiger partial charge in [-0.2, -0.15) is 0 Å². The van der Waals surface area contributed by atoms with E-state index in [0.717, 1.165) is 12.8 Å². The number of rotatable bonds is 0. The third-order valence-corrected chi connectivity index (χ3v) is 5.61. The molecule has 0 aromatic heterocycles. The van der Waals surface area contributed by atoms with Crippen LogP contribution in [0.5, 0.6) is 0 Å². The van der Waals surface area contributed by atoms with Crippen molar-refractivity contribution in [2.75, 3.05) is 0 Å². The van der Waals surface area contributed by atoms with Gasteiger partial charge >= 0.3 is 0 Å². The summed E-state index contributed by atoms with van der Waals surface area (Å²) in [4.78, 5) is 0. The second kappa shape index (κ2) is 6.44. The van der Waals surface area contributed by atoms with E-state index in [0.29, 0.717) is 0 Å². The fourth-order valence-electron chi connectivity index (χ4n) is 4.49. The minimum atomic E-state index is 0.153. The van der Waals surface area contributed by atoms with Gasteiger partial charge in [-0.1, -0.05) is 29.6 Å². The van der Waals surface area contributed by atoms with E-state index < -0.39 is 0 Å². The summed E-state index contributed by atoms with van der Waals surface area (Å²) in [6.07, 6.45) is 15.5. The van der Waals surface area contributed by atoms with E-state index in [4.69, 9.17) is 11.5 Å². The Morgan fingerprint density at radius 2 is 1.20 bits per heavy atom. The average Bonchev–Trinajstić information content (AvgIpc) is 2.49. The zero-order valence-electron chi connectivity index (χ0n) is 12.8. The molecule has 2 atom stereocenters. The molecule has 3 rings (SSSR count). The second-order valence-corrected chi connectivity index (χ2v) is 6.93. The minimum absolute atomic E-state index is 0.153. The van der Waals surface area contributed by atoms with Crippen molar-refractivity contribution in [1.29, 1.82) is 0 Å². The van der Waals surface area contributed by atoms with Gasteiger partial charge in [0.2, 0.25) is 0 Å². The van der Waals surface area contributed by atoms with Crippen molar-refractivity contribution >= 4 is 0 Å². The first kappa shape index (κ1) is 14.3. The SMILES string of the molecule is NC1CCC(=C2CCCCC2)C(N)C1=C1CCCCC1. The predicted molar refractivity (Wildman–Crippen MR) is 85.4 cm³/mol. The normalized spacial score (nSPS) is 32.7. The van der Waals surface area contributed by atoms with E-state index in [1.54, 1.807) is 16.7 Å². The van der Waals surface area contributed by atoms with Gasteiger partial charge in [0.25, 0.3) is 0 Å². The van der Waals surface area contributed by atoms with E-state index in [1.807, 2.05) is 0 Å². The largest absolute Gasteiger partial charge is 0.324 e. The van der Waals surface area contributed by atoms with Crippen LogP contribution in [0, 0.1) is 0 Å². The Labute approximate surface area is 123 Å². The standard InChI is InChI=1S/C18H30N2/c19-16-12-11-15(13-7-3-1-4-8-13)18(20)17(16)14-9-5-2-6-10-14/h16,18H,1-12,19-20H2. The van der Waals surface area contributed by atoms with Crippen molar-refractivity contribution in [2.45, 2.75) is 89.1 Å². The number of hydrogen-bond donors (Lipinski definition) is 2. The van der Waals surface area contributed by atoms with E-state index in [9.17, 15) is 0 Å². The lowest BCUT2D eigenvalue weighted by molar-refractivity contribution is 0.514. The topological polar surface area (TPSA) is 52.0 Å². The first-order valence-electron chi connectivity index (χ1n) is 8.71. The maximum atomic E-state index is 6.68. The maximum absolute atomic E-state index is 6.68. The molecule has 0 amide bonds. The summed E-state index contributed by atoms with van der Waals surface area (Å²) >= 11 is 0. The Bertz CT molecular complexity index is 403. The molecular weight excluding hydrogens is 244 g/mol. The van der Waals surface area contributed by atoms with E-state index in [1.165, 1.54) is 69.8 Å². The lowest BCUT2D eigenvalue weighted by Gasteiger charge is -2.36. The molecule has 0 bridgehead atoms. The molecule has 20 heavy (non-hydrogen) atoms. The Kier molecular flexibility index (Phi) is 4.62.